The van der Waals surface area contributed by atoms with Gasteiger partial charge in [0.1, 0.15) is 12.6 Å². The van der Waals surface area contributed by atoms with Gasteiger partial charge in [0.05, 0.1) is 11.9 Å². The number of carbonyl (C=O) groups is 3. The van der Waals surface area contributed by atoms with Crippen molar-refractivity contribution in [3.63, 3.8) is 0 Å². The molecule has 0 bridgehead atoms. The Morgan fingerprint density at radius 3 is 2.29 bits per heavy atom. The molecule has 1 aliphatic rings. The van der Waals surface area contributed by atoms with E-state index in [1.54, 1.807) is 36.4 Å². The second-order valence-electron chi connectivity index (χ2n) is 9.79. The van der Waals surface area contributed by atoms with Crippen molar-refractivity contribution < 1.29 is 22.8 Å². The van der Waals surface area contributed by atoms with Crippen LogP contribution in [0.4, 0.5) is 5.69 Å². The highest BCUT2D eigenvalue weighted by molar-refractivity contribution is 7.92. The molecule has 8 nitrogen and oxygen atoms in total. The van der Waals surface area contributed by atoms with E-state index in [4.69, 9.17) is 11.6 Å². The lowest BCUT2D eigenvalue weighted by atomic mass is 9.95. The summed E-state index contributed by atoms with van der Waals surface area (Å²) in [6.07, 6.45) is 6.43. The number of Topliss-reactive ketones (excluding diaryl/α,β-unsaturated/α-hetero) is 1. The Hall–Kier alpha value is -2.91. The second-order valence-corrected chi connectivity index (χ2v) is 12.1. The number of nitrogens with zero attached hydrogens (tertiary/aromatic N) is 2. The van der Waals surface area contributed by atoms with Gasteiger partial charge in [-0.15, -0.1) is 0 Å². The number of carbonyl (C=O) groups excluding carboxylic acids is 3. The summed E-state index contributed by atoms with van der Waals surface area (Å²) in [5, 5.41) is 3.66. The van der Waals surface area contributed by atoms with Crippen LogP contribution in [0.1, 0.15) is 68.3 Å². The molecule has 3 rings (SSSR count). The highest BCUT2D eigenvalue weighted by Crippen LogP contribution is 2.23. The fraction of sp³-hybridized carbons (Fsp3) is 0.464. The van der Waals surface area contributed by atoms with Gasteiger partial charge in [-0.05, 0) is 56.0 Å². The van der Waals surface area contributed by atoms with Crippen molar-refractivity contribution in [2.75, 3.05) is 17.1 Å². The van der Waals surface area contributed by atoms with Crippen molar-refractivity contribution in [3.8, 4) is 0 Å². The molecule has 0 saturated heterocycles. The Morgan fingerprint density at radius 2 is 1.71 bits per heavy atom. The summed E-state index contributed by atoms with van der Waals surface area (Å²) in [7, 11) is -3.89. The first-order valence-electron chi connectivity index (χ1n) is 12.9. The number of ketones is 1. The van der Waals surface area contributed by atoms with Crippen molar-refractivity contribution in [1.29, 1.82) is 0 Å². The maximum atomic E-state index is 13.8. The van der Waals surface area contributed by atoms with Crippen molar-refractivity contribution in [3.05, 3.63) is 64.7 Å². The average Bonchev–Trinajstić information content (AvgIpc) is 2.88. The average molecular weight is 562 g/mol. The molecule has 10 heteroatoms. The minimum atomic E-state index is -3.89. The van der Waals surface area contributed by atoms with E-state index in [0.29, 0.717) is 17.0 Å². The number of hydrogen-bond donors (Lipinski definition) is 1. The third-order valence-corrected chi connectivity index (χ3v) is 8.22. The number of halogens is 1. The third-order valence-electron chi connectivity index (χ3n) is 6.82. The standard InChI is InChI=1S/C28H36ClN3O5S/c1-4-26(28(35)30-24-10-6-5-7-11-24)31(18-21-13-15-23(29)16-14-21)27(34)19-32(38(3,36)37)25-12-8-9-22(17-25)20(2)33/h8-9,12-17,24,26H,4-7,10-11,18-19H2,1-3H3,(H,30,35)/t26-/m1/s1. The highest BCUT2D eigenvalue weighted by Gasteiger charge is 2.33. The number of nitrogens with one attached hydrogen (secondary N) is 1. The number of hydrogen-bond acceptors (Lipinski definition) is 5. The van der Waals surface area contributed by atoms with Crippen molar-refractivity contribution in [2.45, 2.75) is 71.0 Å². The summed E-state index contributed by atoms with van der Waals surface area (Å²) in [5.41, 5.74) is 1.30. The first-order valence-corrected chi connectivity index (χ1v) is 15.1. The molecular formula is C28H36ClN3O5S. The molecule has 1 saturated carbocycles. The monoisotopic (exact) mass is 561 g/mol. The summed E-state index contributed by atoms with van der Waals surface area (Å²) in [4.78, 5) is 40.6. The Labute approximate surface area is 230 Å². The van der Waals surface area contributed by atoms with Crippen LogP contribution in [0.25, 0.3) is 0 Å². The van der Waals surface area contributed by atoms with E-state index in [9.17, 15) is 22.8 Å². The fourth-order valence-corrected chi connectivity index (χ4v) is 5.71. The van der Waals surface area contributed by atoms with Crippen LogP contribution in [-0.2, 0) is 26.2 Å². The van der Waals surface area contributed by atoms with Gasteiger partial charge >= 0.3 is 0 Å². The van der Waals surface area contributed by atoms with Crippen LogP contribution in [0.5, 0.6) is 0 Å². The van der Waals surface area contributed by atoms with Crippen molar-refractivity contribution in [2.24, 2.45) is 0 Å². The molecule has 0 radical (unpaired) electrons. The molecule has 1 N–H and O–H groups in total. The molecule has 206 valence electrons. The fourth-order valence-electron chi connectivity index (χ4n) is 4.74. The van der Waals surface area contributed by atoms with Crippen LogP contribution in [0.2, 0.25) is 5.02 Å². The smallest absolute Gasteiger partial charge is 0.244 e. The molecule has 0 aliphatic heterocycles. The normalized spacial score (nSPS) is 14.9. The van der Waals surface area contributed by atoms with Crippen LogP contribution >= 0.6 is 11.6 Å². The lowest BCUT2D eigenvalue weighted by molar-refractivity contribution is -0.140. The Morgan fingerprint density at radius 1 is 1.05 bits per heavy atom. The van der Waals surface area contributed by atoms with E-state index in [-0.39, 0.29) is 30.0 Å². The van der Waals surface area contributed by atoms with Gasteiger partial charge in [-0.3, -0.25) is 18.7 Å². The molecule has 2 amide bonds. The quantitative estimate of drug-likeness (QED) is 0.405. The summed E-state index contributed by atoms with van der Waals surface area (Å²) in [5.74, 6) is -0.989. The van der Waals surface area contributed by atoms with Gasteiger partial charge in [0.25, 0.3) is 0 Å². The zero-order chi connectivity index (χ0) is 27.9. The first-order chi connectivity index (χ1) is 18.0. The van der Waals surface area contributed by atoms with Gasteiger partial charge < -0.3 is 10.2 Å². The largest absolute Gasteiger partial charge is 0.352 e. The van der Waals surface area contributed by atoms with Crippen LogP contribution in [0.15, 0.2) is 48.5 Å². The van der Waals surface area contributed by atoms with Crippen molar-refractivity contribution >= 4 is 44.9 Å². The minimum absolute atomic E-state index is 0.0691. The molecule has 1 atom stereocenters. The van der Waals surface area contributed by atoms with Gasteiger partial charge in [0.15, 0.2) is 5.78 Å². The van der Waals surface area contributed by atoms with Gasteiger partial charge in [-0.25, -0.2) is 8.42 Å². The van der Waals surface area contributed by atoms with E-state index in [0.717, 1.165) is 48.2 Å². The van der Waals surface area contributed by atoms with E-state index in [1.807, 2.05) is 6.92 Å². The summed E-state index contributed by atoms with van der Waals surface area (Å²) < 4.78 is 26.5. The maximum Gasteiger partial charge on any atom is 0.244 e. The van der Waals surface area contributed by atoms with Gasteiger partial charge in [-0.2, -0.15) is 0 Å². The molecule has 0 spiro atoms. The van der Waals surface area contributed by atoms with Crippen LogP contribution < -0.4 is 9.62 Å². The topological polar surface area (TPSA) is 104 Å². The molecular weight excluding hydrogens is 526 g/mol. The Kier molecular flexibility index (Phi) is 10.3. The molecule has 0 aromatic heterocycles. The molecule has 1 aliphatic carbocycles. The van der Waals surface area contributed by atoms with Gasteiger partial charge in [0.2, 0.25) is 21.8 Å². The predicted molar refractivity (Wildman–Crippen MR) is 150 cm³/mol. The second kappa shape index (κ2) is 13.2. The zero-order valence-corrected chi connectivity index (χ0v) is 23.7. The molecule has 2 aromatic carbocycles. The number of benzene rings is 2. The highest BCUT2D eigenvalue weighted by atomic mass is 35.5. The van der Waals surface area contributed by atoms with E-state index >= 15 is 0 Å². The molecule has 0 heterocycles. The number of amides is 2. The van der Waals surface area contributed by atoms with Crippen LogP contribution in [0, 0.1) is 0 Å². The molecule has 0 unspecified atom stereocenters. The first kappa shape index (κ1) is 29.6. The third kappa shape index (κ3) is 8.04. The lowest BCUT2D eigenvalue weighted by Crippen LogP contribution is -2.53. The molecule has 1 fully saturated rings. The summed E-state index contributed by atoms with van der Waals surface area (Å²) in [6.45, 7) is 2.82. The lowest BCUT2D eigenvalue weighted by Gasteiger charge is -2.34. The SMILES string of the molecule is CC[C@H](C(=O)NC1CCCCC1)N(Cc1ccc(Cl)cc1)C(=O)CN(c1cccc(C(C)=O)c1)S(C)(=O)=O. The number of rotatable bonds is 11. The van der Waals surface area contributed by atoms with Gasteiger partial charge in [-0.1, -0.05) is 62.1 Å². The molecule has 2 aromatic rings. The molecule has 38 heavy (non-hydrogen) atoms. The number of sulfonamides is 1. The van der Waals surface area contributed by atoms with Crippen molar-refractivity contribution in [1.82, 2.24) is 10.2 Å². The summed E-state index contributed by atoms with van der Waals surface area (Å²) in [6, 6.07) is 12.4. The predicted octanol–water partition coefficient (Wildman–Crippen LogP) is 4.56. The minimum Gasteiger partial charge on any atom is -0.352 e. The number of anilines is 1. The van der Waals surface area contributed by atoms with Crippen LogP contribution in [0.3, 0.4) is 0 Å². The van der Waals surface area contributed by atoms with Crippen LogP contribution in [-0.4, -0.2) is 55.8 Å². The Balaban J connectivity index is 1.93. The summed E-state index contributed by atoms with van der Waals surface area (Å²) >= 11 is 6.04. The van der Waals surface area contributed by atoms with Gasteiger partial charge in [0, 0.05) is 23.2 Å². The zero-order valence-electron chi connectivity index (χ0n) is 22.2. The van der Waals surface area contributed by atoms with E-state index < -0.39 is 28.5 Å². The maximum absolute atomic E-state index is 13.8. The van der Waals surface area contributed by atoms with E-state index in [2.05, 4.69) is 5.32 Å². The van der Waals surface area contributed by atoms with E-state index in [1.165, 1.54) is 24.0 Å². The Bertz CT molecular complexity index is 1240.